The Morgan fingerprint density at radius 1 is 1.07 bits per heavy atom. The number of amides is 1. The predicted molar refractivity (Wildman–Crippen MR) is 108 cm³/mol. The van der Waals surface area contributed by atoms with E-state index in [0.29, 0.717) is 12.2 Å². The summed E-state index contributed by atoms with van der Waals surface area (Å²) in [6, 6.07) is 14.7. The third-order valence-electron chi connectivity index (χ3n) is 4.86. The first-order valence-electron chi connectivity index (χ1n) is 8.84. The third kappa shape index (κ3) is 4.39. The number of carbonyl (C=O) groups is 1. The molecule has 8 heteroatoms. The Morgan fingerprint density at radius 3 is 2.18 bits per heavy atom. The Balaban J connectivity index is 1.83. The van der Waals surface area contributed by atoms with Gasteiger partial charge in [-0.1, -0.05) is 48.5 Å². The number of piperidine rings is 1. The molecule has 1 heterocycles. The molecule has 0 aromatic heterocycles. The standard InChI is InChI=1S/C20H22N4O3S/c1-21-17-10-8-15(9-11-17)14-4-6-16(7-5-14)18-13-22-20(25)12-19(18)23-28(26,27)24(2)3/h4-11,18-19,23H,12-13H2,2-3H3,(H,22,25). The van der Waals surface area contributed by atoms with Gasteiger partial charge in [-0.3, -0.25) is 4.79 Å². The summed E-state index contributed by atoms with van der Waals surface area (Å²) in [5.41, 5.74) is 3.55. The van der Waals surface area contributed by atoms with Crippen LogP contribution in [0.1, 0.15) is 17.9 Å². The van der Waals surface area contributed by atoms with Crippen LogP contribution in [0, 0.1) is 6.57 Å². The molecule has 1 saturated heterocycles. The lowest BCUT2D eigenvalue weighted by atomic mass is 9.86. The number of carbonyl (C=O) groups excluding carboxylic acids is 1. The molecule has 1 amide bonds. The van der Waals surface area contributed by atoms with Crippen LogP contribution in [-0.4, -0.2) is 45.3 Å². The van der Waals surface area contributed by atoms with Gasteiger partial charge in [-0.05, 0) is 16.7 Å². The molecule has 2 atom stereocenters. The summed E-state index contributed by atoms with van der Waals surface area (Å²) in [7, 11) is -0.735. The van der Waals surface area contributed by atoms with Crippen molar-refractivity contribution in [2.75, 3.05) is 20.6 Å². The van der Waals surface area contributed by atoms with Crippen molar-refractivity contribution >= 4 is 21.8 Å². The van der Waals surface area contributed by atoms with Crippen LogP contribution in [0.2, 0.25) is 0 Å². The fourth-order valence-corrected chi connectivity index (χ4v) is 4.04. The van der Waals surface area contributed by atoms with Crippen molar-refractivity contribution in [2.45, 2.75) is 18.4 Å². The van der Waals surface area contributed by atoms with Crippen molar-refractivity contribution in [1.82, 2.24) is 14.3 Å². The molecular weight excluding hydrogens is 376 g/mol. The van der Waals surface area contributed by atoms with Crippen LogP contribution in [0.4, 0.5) is 5.69 Å². The number of hydrogen-bond donors (Lipinski definition) is 2. The second kappa shape index (κ2) is 8.10. The highest BCUT2D eigenvalue weighted by Crippen LogP contribution is 2.28. The normalized spacial score (nSPS) is 19.9. The van der Waals surface area contributed by atoms with E-state index in [9.17, 15) is 13.2 Å². The Kier molecular flexibility index (Phi) is 5.79. The molecule has 1 fully saturated rings. The van der Waals surface area contributed by atoms with Gasteiger partial charge < -0.3 is 5.32 Å². The lowest BCUT2D eigenvalue weighted by molar-refractivity contribution is -0.122. The lowest BCUT2D eigenvalue weighted by Gasteiger charge is -2.33. The van der Waals surface area contributed by atoms with Gasteiger partial charge in [-0.2, -0.15) is 17.4 Å². The third-order valence-corrected chi connectivity index (χ3v) is 6.42. The monoisotopic (exact) mass is 398 g/mol. The van der Waals surface area contributed by atoms with Crippen molar-refractivity contribution in [2.24, 2.45) is 0 Å². The molecule has 2 aromatic rings. The van der Waals surface area contributed by atoms with E-state index >= 15 is 0 Å². The van der Waals surface area contributed by atoms with Crippen LogP contribution in [0.15, 0.2) is 48.5 Å². The van der Waals surface area contributed by atoms with Gasteiger partial charge in [-0.15, -0.1) is 0 Å². The molecule has 0 aliphatic carbocycles. The molecule has 0 bridgehead atoms. The summed E-state index contributed by atoms with van der Waals surface area (Å²) in [6.07, 6.45) is 0.0948. The summed E-state index contributed by atoms with van der Waals surface area (Å²) in [4.78, 5) is 15.2. The average molecular weight is 398 g/mol. The van der Waals surface area contributed by atoms with Crippen LogP contribution in [0.5, 0.6) is 0 Å². The van der Waals surface area contributed by atoms with Gasteiger partial charge >= 0.3 is 0 Å². The topological polar surface area (TPSA) is 82.9 Å². The molecule has 146 valence electrons. The molecule has 0 saturated carbocycles. The maximum atomic E-state index is 12.2. The zero-order valence-electron chi connectivity index (χ0n) is 15.7. The van der Waals surface area contributed by atoms with E-state index in [1.165, 1.54) is 14.1 Å². The van der Waals surface area contributed by atoms with Gasteiger partial charge in [0.25, 0.3) is 10.2 Å². The Bertz CT molecular complexity index is 993. The van der Waals surface area contributed by atoms with Crippen LogP contribution in [-0.2, 0) is 15.0 Å². The zero-order valence-corrected chi connectivity index (χ0v) is 16.5. The molecule has 0 spiro atoms. The number of benzene rings is 2. The first kappa shape index (κ1) is 20.0. The minimum Gasteiger partial charge on any atom is -0.355 e. The molecule has 1 aliphatic heterocycles. The van der Waals surface area contributed by atoms with Crippen LogP contribution in [0.3, 0.4) is 0 Å². The van der Waals surface area contributed by atoms with Crippen molar-refractivity contribution in [3.8, 4) is 11.1 Å². The highest BCUT2D eigenvalue weighted by atomic mass is 32.2. The molecule has 2 aromatic carbocycles. The second-order valence-electron chi connectivity index (χ2n) is 6.91. The number of nitrogens with zero attached hydrogens (tertiary/aromatic N) is 2. The molecule has 1 aliphatic rings. The van der Waals surface area contributed by atoms with Gasteiger partial charge in [0.1, 0.15) is 0 Å². The molecule has 7 nitrogen and oxygen atoms in total. The van der Waals surface area contributed by atoms with E-state index in [0.717, 1.165) is 21.0 Å². The van der Waals surface area contributed by atoms with E-state index < -0.39 is 16.3 Å². The molecular formula is C20H22N4O3S. The van der Waals surface area contributed by atoms with Crippen molar-refractivity contribution in [3.05, 3.63) is 65.5 Å². The van der Waals surface area contributed by atoms with E-state index in [2.05, 4.69) is 14.9 Å². The van der Waals surface area contributed by atoms with Crippen LogP contribution >= 0.6 is 0 Å². The molecule has 28 heavy (non-hydrogen) atoms. The minimum atomic E-state index is -3.64. The molecule has 0 radical (unpaired) electrons. The molecule has 3 rings (SSSR count). The number of rotatable bonds is 5. The summed E-state index contributed by atoms with van der Waals surface area (Å²) in [5.74, 6) is -0.329. The van der Waals surface area contributed by atoms with Gasteiger partial charge in [0.15, 0.2) is 5.69 Å². The first-order valence-corrected chi connectivity index (χ1v) is 10.3. The Labute approximate surface area is 165 Å². The highest BCUT2D eigenvalue weighted by Gasteiger charge is 2.33. The van der Waals surface area contributed by atoms with Gasteiger partial charge in [-0.25, -0.2) is 4.85 Å². The quantitative estimate of drug-likeness (QED) is 0.758. The van der Waals surface area contributed by atoms with Crippen molar-refractivity contribution in [3.63, 3.8) is 0 Å². The molecule has 2 unspecified atom stereocenters. The first-order chi connectivity index (χ1) is 13.3. The summed E-state index contributed by atoms with van der Waals surface area (Å²) < 4.78 is 28.2. The summed E-state index contributed by atoms with van der Waals surface area (Å²) >= 11 is 0. The van der Waals surface area contributed by atoms with E-state index in [4.69, 9.17) is 6.57 Å². The fraction of sp³-hybridized carbons (Fsp3) is 0.300. The SMILES string of the molecule is [C-]#[N+]c1ccc(-c2ccc(C3CNC(=O)CC3NS(=O)(=O)N(C)C)cc2)cc1. The number of hydrogen-bond acceptors (Lipinski definition) is 3. The van der Waals surface area contributed by atoms with E-state index in [-0.39, 0.29) is 18.2 Å². The van der Waals surface area contributed by atoms with Crippen LogP contribution in [0.25, 0.3) is 16.0 Å². The average Bonchev–Trinajstić information content (AvgIpc) is 2.68. The fourth-order valence-electron chi connectivity index (χ4n) is 3.20. The summed E-state index contributed by atoms with van der Waals surface area (Å²) in [6.45, 7) is 7.40. The van der Waals surface area contributed by atoms with Gasteiger partial charge in [0.05, 0.1) is 6.57 Å². The lowest BCUT2D eigenvalue weighted by Crippen LogP contribution is -2.52. The Morgan fingerprint density at radius 2 is 1.64 bits per heavy atom. The zero-order chi connectivity index (χ0) is 20.3. The van der Waals surface area contributed by atoms with Gasteiger partial charge in [0.2, 0.25) is 5.91 Å². The highest BCUT2D eigenvalue weighted by molar-refractivity contribution is 7.87. The maximum Gasteiger partial charge on any atom is 0.279 e. The molecule has 2 N–H and O–H groups in total. The van der Waals surface area contributed by atoms with E-state index in [1.54, 1.807) is 12.1 Å². The van der Waals surface area contributed by atoms with Crippen molar-refractivity contribution in [1.29, 1.82) is 0 Å². The van der Waals surface area contributed by atoms with E-state index in [1.807, 2.05) is 36.4 Å². The minimum absolute atomic E-state index is 0.0948. The smallest absolute Gasteiger partial charge is 0.279 e. The summed E-state index contributed by atoms with van der Waals surface area (Å²) in [5, 5.41) is 2.82. The van der Waals surface area contributed by atoms with Crippen LogP contribution < -0.4 is 10.0 Å². The Hall–Kier alpha value is -2.73. The van der Waals surface area contributed by atoms with Gasteiger partial charge in [0, 0.05) is 39.0 Å². The number of nitrogens with one attached hydrogen (secondary N) is 2. The van der Waals surface area contributed by atoms with Crippen molar-refractivity contribution < 1.29 is 13.2 Å². The predicted octanol–water partition coefficient (Wildman–Crippen LogP) is 2.27. The maximum absolute atomic E-state index is 12.2. The second-order valence-corrected chi connectivity index (χ2v) is 8.82. The largest absolute Gasteiger partial charge is 0.355 e.